The number of carbonyl (C=O) groups excluding carboxylic acids is 4. The molecule has 3 aliphatic rings. The summed E-state index contributed by atoms with van der Waals surface area (Å²) in [5, 5.41) is 14.8. The second-order valence-electron chi connectivity index (χ2n) is 24.1. The topological polar surface area (TPSA) is 291 Å². The Hall–Kier alpha value is -11.9. The van der Waals surface area contributed by atoms with E-state index in [1.54, 1.807) is 85.7 Å². The van der Waals surface area contributed by atoms with Crippen molar-refractivity contribution >= 4 is 108 Å². The summed E-state index contributed by atoms with van der Waals surface area (Å²) < 4.78 is 83.0. The molecule has 13 rings (SSSR count). The molecule has 5 aromatic carbocycles. The highest BCUT2D eigenvalue weighted by Gasteiger charge is 2.24. The third kappa shape index (κ3) is 19.7. The molecule has 0 unspecified atom stereocenters. The minimum atomic E-state index is -0.531. The van der Waals surface area contributed by atoms with Gasteiger partial charge in [-0.1, -0.05) is 56.6 Å². The molecule has 4 N–H and O–H groups in total. The number of thioether (sulfide) groups is 1. The molecular weight excluding hydrogens is 1320 g/mol. The van der Waals surface area contributed by atoms with E-state index in [1.165, 1.54) is 17.8 Å². The molecule has 8 heterocycles. The van der Waals surface area contributed by atoms with Crippen molar-refractivity contribution in [2.24, 2.45) is 0 Å². The number of benzene rings is 5. The zero-order valence-corrected chi connectivity index (χ0v) is 57.5. The normalized spacial score (nSPS) is 12.5. The lowest BCUT2D eigenvalue weighted by molar-refractivity contribution is 0.0509. The molecule has 0 radical (unpaired) electrons. The SMILES string of the molecule is C=C1C=Cc2c(cc3occc3c2OCCNC(=O)OC(C)(C)C)O1.C=C1C=Cc2c(cc3occc3c2OCCNC(=O)OC(C)(C)C)O1.C=C1C=Cc2c(cc3occc3c2OCCNC(=O)SCC)O1.O=C(NCCCOc1c2ccoc2cc2oc(=O)ccc12)Oc1ccccc1. The lowest BCUT2D eigenvalue weighted by atomic mass is 10.1. The smallest absolute Gasteiger partial charge is 0.412 e. The number of alkyl carbamates (subject to hydrolysis) is 2. The molecule has 101 heavy (non-hydrogen) atoms. The fraction of sp³-hybridized carbons (Fsp3) is 0.250. The Bertz CT molecular complexity index is 4680. The average Bonchev–Trinajstić information content (AvgIpc) is 1.77. The lowest BCUT2D eigenvalue weighted by Gasteiger charge is -2.20. The molecule has 10 aromatic rings. The highest BCUT2D eigenvalue weighted by molar-refractivity contribution is 8.13. The summed E-state index contributed by atoms with van der Waals surface area (Å²) in [5.74, 6) is 7.38. The van der Waals surface area contributed by atoms with Gasteiger partial charge in [0.25, 0.3) is 5.24 Å². The van der Waals surface area contributed by atoms with Crippen LogP contribution in [0.1, 0.15) is 71.6 Å². The van der Waals surface area contributed by atoms with Gasteiger partial charge >= 0.3 is 23.9 Å². The third-order valence-corrected chi connectivity index (χ3v) is 14.9. The number of hydrogen-bond acceptors (Lipinski definition) is 21. The number of rotatable bonds is 19. The van der Waals surface area contributed by atoms with Gasteiger partial charge in [0.2, 0.25) is 0 Å². The fourth-order valence-corrected chi connectivity index (χ4v) is 10.5. The molecule has 0 spiro atoms. The van der Waals surface area contributed by atoms with Gasteiger partial charge in [0.05, 0.1) is 94.9 Å². The molecule has 526 valence electrons. The predicted octanol–water partition coefficient (Wildman–Crippen LogP) is 16.8. The number of carbonyl (C=O) groups is 4. The first kappa shape index (κ1) is 71.9. The van der Waals surface area contributed by atoms with Crippen LogP contribution in [-0.4, -0.2) is 93.1 Å². The van der Waals surface area contributed by atoms with E-state index in [0.717, 1.165) is 44.0 Å². The van der Waals surface area contributed by atoms with Gasteiger partial charge in [-0.15, -0.1) is 0 Å². The predicted molar refractivity (Wildman–Crippen MR) is 384 cm³/mol. The Morgan fingerprint density at radius 2 is 0.842 bits per heavy atom. The van der Waals surface area contributed by atoms with Crippen molar-refractivity contribution in [3.63, 3.8) is 0 Å². The maximum atomic E-state index is 11.8. The molecule has 0 fully saturated rings. The zero-order chi connectivity index (χ0) is 71.6. The Morgan fingerprint density at radius 1 is 0.446 bits per heavy atom. The van der Waals surface area contributed by atoms with Crippen molar-refractivity contribution in [3.05, 3.63) is 198 Å². The molecule has 25 heteroatoms. The van der Waals surface area contributed by atoms with Crippen LogP contribution in [0.25, 0.3) is 73.1 Å². The Balaban J connectivity index is 0.000000146. The first-order valence-electron chi connectivity index (χ1n) is 32.1. The summed E-state index contributed by atoms with van der Waals surface area (Å²) in [4.78, 5) is 58.0. The van der Waals surface area contributed by atoms with Crippen LogP contribution in [0, 0.1) is 0 Å². The van der Waals surface area contributed by atoms with Gasteiger partial charge in [0.15, 0.2) is 0 Å². The molecule has 0 saturated carbocycles. The second kappa shape index (κ2) is 33.1. The number of amides is 4. The van der Waals surface area contributed by atoms with Crippen molar-refractivity contribution in [3.8, 4) is 46.0 Å². The summed E-state index contributed by atoms with van der Waals surface area (Å²) in [7, 11) is 0. The summed E-state index contributed by atoms with van der Waals surface area (Å²) in [5.41, 5.74) is 3.97. The number of allylic oxidation sites excluding steroid dienone is 3. The van der Waals surface area contributed by atoms with Gasteiger partial charge in [0, 0.05) is 36.9 Å². The minimum absolute atomic E-state index is 0.0424. The zero-order valence-electron chi connectivity index (χ0n) is 56.7. The first-order valence-corrected chi connectivity index (χ1v) is 33.1. The molecule has 0 saturated heterocycles. The van der Waals surface area contributed by atoms with E-state index in [0.29, 0.717) is 142 Å². The number of hydrogen-bond donors (Lipinski definition) is 4. The molecule has 5 aromatic heterocycles. The Kier molecular flexibility index (Phi) is 23.6. The summed E-state index contributed by atoms with van der Waals surface area (Å²) in [6.45, 7) is 26.9. The van der Waals surface area contributed by atoms with Crippen LogP contribution in [-0.2, 0) is 9.47 Å². The van der Waals surface area contributed by atoms with Crippen molar-refractivity contribution in [1.29, 1.82) is 0 Å². The van der Waals surface area contributed by atoms with Crippen molar-refractivity contribution in [2.75, 3.05) is 58.4 Å². The van der Waals surface area contributed by atoms with Gasteiger partial charge < -0.3 is 90.7 Å². The van der Waals surface area contributed by atoms with Crippen molar-refractivity contribution < 1.29 is 88.6 Å². The van der Waals surface area contributed by atoms with Gasteiger partial charge in [-0.25, -0.2) is 19.2 Å². The monoisotopic (exact) mass is 1400 g/mol. The summed E-state index contributed by atoms with van der Waals surface area (Å²) >= 11 is 1.24. The van der Waals surface area contributed by atoms with Gasteiger partial charge in [-0.3, -0.25) is 4.79 Å². The highest BCUT2D eigenvalue weighted by Crippen LogP contribution is 2.44. The summed E-state index contributed by atoms with van der Waals surface area (Å²) in [6, 6.07) is 26.3. The third-order valence-electron chi connectivity index (χ3n) is 14.2. The first-order chi connectivity index (χ1) is 48.6. The Labute approximate surface area is 584 Å². The molecule has 0 aliphatic carbocycles. The van der Waals surface area contributed by atoms with E-state index in [9.17, 15) is 24.0 Å². The largest absolute Gasteiger partial charge is 0.492 e. The number of furan rings is 4. The second-order valence-corrected chi connectivity index (χ2v) is 25.4. The molecule has 0 atom stereocenters. The number of para-hydroxylation sites is 1. The highest BCUT2D eigenvalue weighted by atomic mass is 32.2. The van der Waals surface area contributed by atoms with Crippen molar-refractivity contribution in [1.82, 2.24) is 21.3 Å². The van der Waals surface area contributed by atoms with Gasteiger partial charge in [-0.05, 0) is 133 Å². The van der Waals surface area contributed by atoms with Crippen LogP contribution in [0.4, 0.5) is 19.2 Å². The molecule has 24 nitrogen and oxygen atoms in total. The van der Waals surface area contributed by atoms with Crippen LogP contribution >= 0.6 is 11.8 Å². The summed E-state index contributed by atoms with van der Waals surface area (Å²) in [6.07, 6.45) is 16.5. The maximum Gasteiger partial charge on any atom is 0.412 e. The standard InChI is InChI=1S/C21H17NO6.2C19H21NO5.C17H17NO4S/c23-19-8-7-15-18(28-19)13-17-16(9-12-25-17)20(15)26-11-4-10-22-21(24)27-14-5-2-1-3-6-14;2*1-12-5-6-13-16(24-12)11-15-14(7-9-22-15)17(13)23-10-8-20-18(21)25-19(2,3)4;1-3-23-17(19)18-7-9-21-16-12-5-4-11(2)22-15(12)10-14-13(16)6-8-20-14/h1-3,5-9,12-13H,4,10-11H2,(H,22,24);2*5-7,9,11H,1,8,10H2,2-4H3,(H,20,21);4-6,8,10H,2-3,7,9H2,1H3,(H,18,19). The van der Waals surface area contributed by atoms with E-state index in [2.05, 4.69) is 41.0 Å². The maximum absolute atomic E-state index is 11.8. The van der Waals surface area contributed by atoms with Gasteiger partial charge in [0.1, 0.15) is 122 Å². The molecular formula is C76H76N4O20S. The fourth-order valence-electron chi connectivity index (χ4n) is 10.0. The van der Waals surface area contributed by atoms with E-state index in [4.69, 9.17) is 69.5 Å². The van der Waals surface area contributed by atoms with E-state index in [-0.39, 0.29) is 18.5 Å². The molecule has 4 amide bonds. The number of ether oxygens (including phenoxy) is 10. The van der Waals surface area contributed by atoms with E-state index in [1.807, 2.05) is 109 Å². The average molecular weight is 1400 g/mol. The van der Waals surface area contributed by atoms with Crippen molar-refractivity contribution in [2.45, 2.75) is 66.1 Å². The lowest BCUT2D eigenvalue weighted by Crippen LogP contribution is -2.34. The van der Waals surface area contributed by atoms with E-state index >= 15 is 0 Å². The molecule has 0 bridgehead atoms. The van der Waals surface area contributed by atoms with Crippen LogP contribution in [0.15, 0.2) is 198 Å². The Morgan fingerprint density at radius 3 is 1.28 bits per heavy atom. The van der Waals surface area contributed by atoms with E-state index < -0.39 is 35.1 Å². The van der Waals surface area contributed by atoms with Crippen LogP contribution in [0.5, 0.6) is 46.0 Å². The van der Waals surface area contributed by atoms with Crippen LogP contribution in [0.3, 0.4) is 0 Å². The quantitative estimate of drug-likeness (QED) is 0.0432. The number of nitrogens with one attached hydrogen (secondary N) is 4. The molecule has 3 aliphatic heterocycles. The number of fused-ring (bicyclic) bond motifs is 8. The van der Waals surface area contributed by atoms with Crippen LogP contribution in [0.2, 0.25) is 0 Å². The minimum Gasteiger partial charge on any atom is -0.492 e. The van der Waals surface area contributed by atoms with Gasteiger partial charge in [-0.2, -0.15) is 0 Å². The van der Waals surface area contributed by atoms with Crippen LogP contribution < -0.4 is 64.8 Å².